The smallest absolute Gasteiger partial charge is 0.320 e. The van der Waals surface area contributed by atoms with Crippen LogP contribution >= 0.6 is 15.9 Å². The van der Waals surface area contributed by atoms with Crippen molar-refractivity contribution >= 4 is 33.7 Å². The molecule has 0 spiro atoms. The Hall–Kier alpha value is -3.49. The first-order valence-corrected chi connectivity index (χ1v) is 11.1. The zero-order valence-electron chi connectivity index (χ0n) is 17.9. The first-order valence-electron chi connectivity index (χ1n) is 10.3. The number of esters is 1. The van der Waals surface area contributed by atoms with Crippen LogP contribution in [0.1, 0.15) is 21.5 Å². The highest BCUT2D eigenvalue weighted by Crippen LogP contribution is 2.11. The van der Waals surface area contributed by atoms with Gasteiger partial charge in [0.2, 0.25) is 0 Å². The summed E-state index contributed by atoms with van der Waals surface area (Å²) in [6.07, 6.45) is 0. The lowest BCUT2D eigenvalue weighted by Crippen LogP contribution is -2.44. The number of amides is 2. The molecule has 0 fully saturated rings. The number of benzene rings is 3. The second-order valence-electron chi connectivity index (χ2n) is 7.29. The Morgan fingerprint density at radius 3 is 1.85 bits per heavy atom. The number of hydrogen-bond acceptors (Lipinski definition) is 5. The number of carbonyl (C=O) groups is 3. The van der Waals surface area contributed by atoms with Crippen molar-refractivity contribution in [1.82, 2.24) is 15.8 Å². The fourth-order valence-corrected chi connectivity index (χ4v) is 3.33. The van der Waals surface area contributed by atoms with Crippen LogP contribution in [0.2, 0.25) is 0 Å². The summed E-state index contributed by atoms with van der Waals surface area (Å²) in [5.41, 5.74) is 7.05. The predicted molar refractivity (Wildman–Crippen MR) is 128 cm³/mol. The summed E-state index contributed by atoms with van der Waals surface area (Å²) in [7, 11) is 0. The quantitative estimate of drug-likeness (QED) is 0.340. The maximum Gasteiger partial charge on any atom is 0.320 e. The SMILES string of the molecule is O=C(COC(=O)CN(Cc1ccccc1)Cc1ccccc1)NNC(=O)c1ccc(Br)cc1. The molecular formula is C25H24BrN3O4. The number of nitrogens with one attached hydrogen (secondary N) is 2. The van der Waals surface area contributed by atoms with Crippen LogP contribution in [0.5, 0.6) is 0 Å². The minimum Gasteiger partial charge on any atom is -0.455 e. The van der Waals surface area contributed by atoms with Crippen LogP contribution in [0.15, 0.2) is 89.4 Å². The Kier molecular flexibility index (Phi) is 9.17. The van der Waals surface area contributed by atoms with Crippen LogP contribution in [0.4, 0.5) is 0 Å². The summed E-state index contributed by atoms with van der Waals surface area (Å²) in [6, 6.07) is 26.3. The molecule has 8 heteroatoms. The first kappa shape index (κ1) is 24.2. The molecule has 7 nitrogen and oxygen atoms in total. The fourth-order valence-electron chi connectivity index (χ4n) is 3.06. The average molecular weight is 510 g/mol. The van der Waals surface area contributed by atoms with Gasteiger partial charge in [0.1, 0.15) is 0 Å². The fraction of sp³-hybridized carbons (Fsp3) is 0.160. The monoisotopic (exact) mass is 509 g/mol. The third-order valence-electron chi connectivity index (χ3n) is 4.64. The predicted octanol–water partition coefficient (Wildman–Crippen LogP) is 3.46. The maximum atomic E-state index is 12.4. The Morgan fingerprint density at radius 1 is 0.758 bits per heavy atom. The van der Waals surface area contributed by atoms with Crippen LogP contribution < -0.4 is 10.9 Å². The van der Waals surface area contributed by atoms with Gasteiger partial charge in [0.15, 0.2) is 6.61 Å². The molecule has 3 aromatic carbocycles. The van der Waals surface area contributed by atoms with E-state index in [0.717, 1.165) is 15.6 Å². The summed E-state index contributed by atoms with van der Waals surface area (Å²) in [5, 5.41) is 0. The number of carbonyl (C=O) groups excluding carboxylic acids is 3. The Labute approximate surface area is 200 Å². The third-order valence-corrected chi connectivity index (χ3v) is 5.17. The van der Waals surface area contributed by atoms with Gasteiger partial charge in [-0.25, -0.2) is 0 Å². The van der Waals surface area contributed by atoms with E-state index in [1.54, 1.807) is 24.3 Å². The highest BCUT2D eigenvalue weighted by atomic mass is 79.9. The van der Waals surface area contributed by atoms with E-state index in [2.05, 4.69) is 26.8 Å². The summed E-state index contributed by atoms with van der Waals surface area (Å²) in [5.74, 6) is -1.64. The number of ether oxygens (including phenoxy) is 1. The van der Waals surface area contributed by atoms with Crippen molar-refractivity contribution in [2.24, 2.45) is 0 Å². The van der Waals surface area contributed by atoms with E-state index in [1.165, 1.54) is 0 Å². The number of hydrazine groups is 1. The lowest BCUT2D eigenvalue weighted by atomic mass is 10.1. The lowest BCUT2D eigenvalue weighted by molar-refractivity contribution is -0.150. The zero-order chi connectivity index (χ0) is 23.5. The second kappa shape index (κ2) is 12.5. The lowest BCUT2D eigenvalue weighted by Gasteiger charge is -2.21. The zero-order valence-corrected chi connectivity index (χ0v) is 19.5. The normalized spacial score (nSPS) is 10.5. The number of rotatable bonds is 9. The van der Waals surface area contributed by atoms with E-state index in [-0.39, 0.29) is 6.54 Å². The van der Waals surface area contributed by atoms with Crippen LogP contribution in [-0.2, 0) is 27.4 Å². The molecule has 0 atom stereocenters. The molecule has 33 heavy (non-hydrogen) atoms. The van der Waals surface area contributed by atoms with Gasteiger partial charge in [-0.2, -0.15) is 0 Å². The number of nitrogens with zero attached hydrogens (tertiary/aromatic N) is 1. The number of hydrogen-bond donors (Lipinski definition) is 2. The molecule has 0 radical (unpaired) electrons. The highest BCUT2D eigenvalue weighted by molar-refractivity contribution is 9.10. The molecule has 3 rings (SSSR count). The summed E-state index contributed by atoms with van der Waals surface area (Å²) >= 11 is 3.29. The van der Waals surface area contributed by atoms with Crippen molar-refractivity contribution in [3.05, 3.63) is 106 Å². The van der Waals surface area contributed by atoms with Gasteiger partial charge >= 0.3 is 5.97 Å². The summed E-state index contributed by atoms with van der Waals surface area (Å²) < 4.78 is 5.95. The van der Waals surface area contributed by atoms with Gasteiger partial charge in [-0.3, -0.25) is 30.1 Å². The van der Waals surface area contributed by atoms with E-state index >= 15 is 0 Å². The van der Waals surface area contributed by atoms with E-state index in [9.17, 15) is 14.4 Å². The van der Waals surface area contributed by atoms with Crippen LogP contribution in [-0.4, -0.2) is 35.8 Å². The molecule has 0 heterocycles. The third kappa shape index (κ3) is 8.51. The topological polar surface area (TPSA) is 87.7 Å². The molecule has 2 N–H and O–H groups in total. The van der Waals surface area contributed by atoms with E-state index < -0.39 is 24.4 Å². The first-order chi connectivity index (χ1) is 16.0. The van der Waals surface area contributed by atoms with Crippen LogP contribution in [0.25, 0.3) is 0 Å². The minimum atomic E-state index is -0.633. The average Bonchev–Trinajstić information content (AvgIpc) is 2.83. The number of halogens is 1. The molecule has 0 saturated carbocycles. The van der Waals surface area contributed by atoms with E-state index in [0.29, 0.717) is 18.7 Å². The molecule has 3 aromatic rings. The molecule has 0 aromatic heterocycles. The van der Waals surface area contributed by atoms with Crippen LogP contribution in [0.3, 0.4) is 0 Å². The molecule has 0 aliphatic carbocycles. The Balaban J connectivity index is 1.47. The molecule has 0 unspecified atom stereocenters. The summed E-state index contributed by atoms with van der Waals surface area (Å²) in [6.45, 7) is 0.632. The van der Waals surface area contributed by atoms with Crippen molar-refractivity contribution in [3.8, 4) is 0 Å². The van der Waals surface area contributed by atoms with Gasteiger partial charge in [-0.1, -0.05) is 76.6 Å². The van der Waals surface area contributed by atoms with Crippen molar-refractivity contribution in [2.45, 2.75) is 13.1 Å². The molecule has 0 bridgehead atoms. The minimum absolute atomic E-state index is 0.0162. The standard InChI is InChI=1S/C25H24BrN3O4/c26-22-13-11-21(12-14-22)25(32)28-27-23(30)18-33-24(31)17-29(15-19-7-3-1-4-8-19)16-20-9-5-2-6-10-20/h1-14H,15-18H2,(H,27,30)(H,28,32). The van der Waals surface area contributed by atoms with Gasteiger partial charge in [-0.05, 0) is 35.4 Å². The molecule has 2 amide bonds. The Morgan fingerprint density at radius 2 is 1.30 bits per heavy atom. The molecule has 170 valence electrons. The van der Waals surface area contributed by atoms with Gasteiger partial charge in [0.25, 0.3) is 11.8 Å². The van der Waals surface area contributed by atoms with Crippen LogP contribution in [0, 0.1) is 0 Å². The van der Waals surface area contributed by atoms with Crippen molar-refractivity contribution in [1.29, 1.82) is 0 Å². The summed E-state index contributed by atoms with van der Waals surface area (Å²) in [4.78, 5) is 38.4. The van der Waals surface area contributed by atoms with E-state index in [1.807, 2.05) is 65.6 Å². The van der Waals surface area contributed by atoms with Gasteiger partial charge in [-0.15, -0.1) is 0 Å². The highest BCUT2D eigenvalue weighted by Gasteiger charge is 2.15. The maximum absolute atomic E-state index is 12.4. The van der Waals surface area contributed by atoms with Gasteiger partial charge in [0.05, 0.1) is 6.54 Å². The van der Waals surface area contributed by atoms with Crippen molar-refractivity contribution < 1.29 is 19.1 Å². The van der Waals surface area contributed by atoms with E-state index in [4.69, 9.17) is 4.74 Å². The molecule has 0 aliphatic heterocycles. The van der Waals surface area contributed by atoms with Gasteiger partial charge < -0.3 is 4.74 Å². The molecule has 0 saturated heterocycles. The molecular weight excluding hydrogens is 486 g/mol. The molecule has 0 aliphatic rings. The van der Waals surface area contributed by atoms with Gasteiger partial charge in [0, 0.05) is 23.1 Å². The van der Waals surface area contributed by atoms with Crippen molar-refractivity contribution in [2.75, 3.05) is 13.2 Å². The Bertz CT molecular complexity index is 1020. The second-order valence-corrected chi connectivity index (χ2v) is 8.20. The largest absolute Gasteiger partial charge is 0.455 e. The van der Waals surface area contributed by atoms with Crippen molar-refractivity contribution in [3.63, 3.8) is 0 Å².